The molecule has 5 heteroatoms. The molecule has 1 rings (SSSR count). The lowest BCUT2D eigenvalue weighted by Gasteiger charge is -2.08. The summed E-state index contributed by atoms with van der Waals surface area (Å²) in [7, 11) is 1.79. The van der Waals surface area contributed by atoms with Crippen molar-refractivity contribution in [2.75, 3.05) is 24.2 Å². The van der Waals surface area contributed by atoms with Crippen molar-refractivity contribution in [3.8, 4) is 0 Å². The maximum absolute atomic E-state index is 6.02. The number of aromatic nitrogens is 2. The average molecular weight is 271 g/mol. The molecule has 0 aliphatic carbocycles. The summed E-state index contributed by atoms with van der Waals surface area (Å²) in [5.74, 6) is 1.30. The zero-order valence-corrected chi connectivity index (χ0v) is 12.1. The third-order valence-electron chi connectivity index (χ3n) is 2.79. The minimum Gasteiger partial charge on any atom is -0.369 e. The van der Waals surface area contributed by atoms with Crippen LogP contribution < -0.4 is 10.6 Å². The van der Waals surface area contributed by atoms with Gasteiger partial charge in [0.15, 0.2) is 0 Å². The topological polar surface area (TPSA) is 49.8 Å². The maximum atomic E-state index is 6.02. The Hall–Kier alpha value is -1.03. The van der Waals surface area contributed by atoms with Gasteiger partial charge in [-0.15, -0.1) is 0 Å². The van der Waals surface area contributed by atoms with Crippen LogP contribution in [-0.2, 0) is 0 Å². The molecule has 2 N–H and O–H groups in total. The van der Waals surface area contributed by atoms with Crippen LogP contribution in [0, 0.1) is 0 Å². The molecule has 0 aliphatic rings. The Balaban J connectivity index is 2.22. The first-order valence-electron chi connectivity index (χ1n) is 6.72. The Labute approximate surface area is 115 Å². The van der Waals surface area contributed by atoms with E-state index in [-0.39, 0.29) is 0 Å². The van der Waals surface area contributed by atoms with Gasteiger partial charge in [0, 0.05) is 13.6 Å². The minimum atomic E-state index is 0.569. The number of unbranched alkanes of at least 4 members (excludes halogenated alkanes) is 5. The number of nitrogens with one attached hydrogen (secondary N) is 2. The van der Waals surface area contributed by atoms with Crippen molar-refractivity contribution in [2.45, 2.75) is 45.4 Å². The molecule has 18 heavy (non-hydrogen) atoms. The first-order chi connectivity index (χ1) is 8.77. The van der Waals surface area contributed by atoms with Crippen molar-refractivity contribution in [1.29, 1.82) is 0 Å². The average Bonchev–Trinajstić information content (AvgIpc) is 2.39. The number of halogens is 1. The summed E-state index contributed by atoms with van der Waals surface area (Å²) < 4.78 is 0. The molecule has 0 fully saturated rings. The van der Waals surface area contributed by atoms with Crippen molar-refractivity contribution in [1.82, 2.24) is 9.97 Å². The van der Waals surface area contributed by atoms with Crippen molar-refractivity contribution >= 4 is 23.4 Å². The second-order valence-electron chi connectivity index (χ2n) is 4.33. The van der Waals surface area contributed by atoms with Gasteiger partial charge in [0.25, 0.3) is 0 Å². The molecule has 1 aromatic heterocycles. The van der Waals surface area contributed by atoms with Crippen LogP contribution in [0.1, 0.15) is 45.4 Å². The number of hydrogen-bond acceptors (Lipinski definition) is 4. The lowest BCUT2D eigenvalue weighted by atomic mass is 10.1. The second-order valence-corrected chi connectivity index (χ2v) is 4.74. The number of hydrogen-bond donors (Lipinski definition) is 2. The normalized spacial score (nSPS) is 10.4. The van der Waals surface area contributed by atoms with Crippen LogP contribution in [0.15, 0.2) is 6.20 Å². The quantitative estimate of drug-likeness (QED) is 0.667. The zero-order valence-electron chi connectivity index (χ0n) is 11.3. The van der Waals surface area contributed by atoms with Crippen molar-refractivity contribution in [2.24, 2.45) is 0 Å². The lowest BCUT2D eigenvalue weighted by molar-refractivity contribution is 0.617. The lowest BCUT2D eigenvalue weighted by Crippen LogP contribution is -2.06. The van der Waals surface area contributed by atoms with Gasteiger partial charge in [-0.1, -0.05) is 50.6 Å². The fraction of sp³-hybridized carbons (Fsp3) is 0.692. The monoisotopic (exact) mass is 270 g/mol. The molecular formula is C13H23ClN4. The molecule has 1 aromatic rings. The largest absolute Gasteiger partial charge is 0.369 e. The molecule has 0 amide bonds. The molecule has 0 saturated heterocycles. The third kappa shape index (κ3) is 5.54. The van der Waals surface area contributed by atoms with Crippen LogP contribution in [0.2, 0.25) is 5.02 Å². The fourth-order valence-electron chi connectivity index (χ4n) is 1.72. The maximum Gasteiger partial charge on any atom is 0.224 e. The summed E-state index contributed by atoms with van der Waals surface area (Å²) in [5.41, 5.74) is 0. The van der Waals surface area contributed by atoms with Gasteiger partial charge in [0.1, 0.15) is 10.8 Å². The molecule has 0 bridgehead atoms. The van der Waals surface area contributed by atoms with E-state index in [2.05, 4.69) is 27.5 Å². The van der Waals surface area contributed by atoms with Crippen LogP contribution in [0.4, 0.5) is 11.8 Å². The van der Waals surface area contributed by atoms with Crippen LogP contribution in [0.25, 0.3) is 0 Å². The molecular weight excluding hydrogens is 248 g/mol. The van der Waals surface area contributed by atoms with Gasteiger partial charge < -0.3 is 10.6 Å². The van der Waals surface area contributed by atoms with E-state index in [4.69, 9.17) is 11.6 Å². The van der Waals surface area contributed by atoms with E-state index < -0.39 is 0 Å². The van der Waals surface area contributed by atoms with Gasteiger partial charge in [0.2, 0.25) is 5.95 Å². The summed E-state index contributed by atoms with van der Waals surface area (Å²) >= 11 is 6.02. The smallest absolute Gasteiger partial charge is 0.224 e. The number of nitrogens with zero attached hydrogens (tertiary/aromatic N) is 2. The summed E-state index contributed by atoms with van der Waals surface area (Å²) in [6.45, 7) is 3.14. The molecule has 0 radical (unpaired) electrons. The van der Waals surface area contributed by atoms with E-state index in [0.29, 0.717) is 16.8 Å². The zero-order chi connectivity index (χ0) is 13.2. The van der Waals surface area contributed by atoms with Gasteiger partial charge in [-0.2, -0.15) is 4.98 Å². The molecule has 0 unspecified atom stereocenters. The van der Waals surface area contributed by atoms with E-state index in [1.807, 2.05) is 0 Å². The Kier molecular flexibility index (Phi) is 7.49. The summed E-state index contributed by atoms with van der Waals surface area (Å²) in [6.07, 6.45) is 9.32. The third-order valence-corrected chi connectivity index (χ3v) is 3.07. The molecule has 102 valence electrons. The molecule has 1 heterocycles. The number of anilines is 2. The van der Waals surface area contributed by atoms with Gasteiger partial charge in [-0.05, 0) is 6.42 Å². The van der Waals surface area contributed by atoms with Gasteiger partial charge in [-0.25, -0.2) is 4.98 Å². The Bertz CT molecular complexity index is 344. The highest BCUT2D eigenvalue weighted by atomic mass is 35.5. The van der Waals surface area contributed by atoms with Crippen LogP contribution in [0.3, 0.4) is 0 Å². The molecule has 0 aliphatic heterocycles. The van der Waals surface area contributed by atoms with E-state index in [1.165, 1.54) is 32.1 Å². The first kappa shape index (κ1) is 15.0. The Morgan fingerprint density at radius 2 is 1.89 bits per heavy atom. The first-order valence-corrected chi connectivity index (χ1v) is 7.10. The van der Waals surface area contributed by atoms with Gasteiger partial charge >= 0.3 is 0 Å². The highest BCUT2D eigenvalue weighted by molar-refractivity contribution is 6.32. The second kappa shape index (κ2) is 8.97. The standard InChI is InChI=1S/C13H23ClN4/c1-3-4-5-6-7-8-9-16-12-11(14)10-17-13(15-2)18-12/h10H,3-9H2,1-2H3,(H2,15,16,17,18). The molecule has 0 aromatic carbocycles. The molecule has 0 spiro atoms. The molecule has 4 nitrogen and oxygen atoms in total. The number of rotatable bonds is 9. The SMILES string of the molecule is CCCCCCCCNc1nc(NC)ncc1Cl. The Morgan fingerprint density at radius 1 is 1.17 bits per heavy atom. The highest BCUT2D eigenvalue weighted by Gasteiger charge is 2.03. The Morgan fingerprint density at radius 3 is 2.61 bits per heavy atom. The van der Waals surface area contributed by atoms with Gasteiger partial charge in [0.05, 0.1) is 6.20 Å². The predicted molar refractivity (Wildman–Crippen MR) is 78.5 cm³/mol. The van der Waals surface area contributed by atoms with Crippen molar-refractivity contribution in [3.05, 3.63) is 11.2 Å². The van der Waals surface area contributed by atoms with Crippen molar-refractivity contribution in [3.63, 3.8) is 0 Å². The van der Waals surface area contributed by atoms with Gasteiger partial charge in [-0.3, -0.25) is 0 Å². The van der Waals surface area contributed by atoms with E-state index in [0.717, 1.165) is 13.0 Å². The summed E-state index contributed by atoms with van der Waals surface area (Å²) in [6, 6.07) is 0. The van der Waals surface area contributed by atoms with E-state index >= 15 is 0 Å². The van der Waals surface area contributed by atoms with E-state index in [1.54, 1.807) is 13.2 Å². The minimum absolute atomic E-state index is 0.569. The van der Waals surface area contributed by atoms with Crippen molar-refractivity contribution < 1.29 is 0 Å². The fourth-order valence-corrected chi connectivity index (χ4v) is 1.88. The highest BCUT2D eigenvalue weighted by Crippen LogP contribution is 2.19. The summed E-state index contributed by atoms with van der Waals surface area (Å²) in [5, 5.41) is 6.72. The van der Waals surface area contributed by atoms with E-state index in [9.17, 15) is 0 Å². The summed E-state index contributed by atoms with van der Waals surface area (Å²) in [4.78, 5) is 8.31. The van der Waals surface area contributed by atoms with Crippen LogP contribution in [0.5, 0.6) is 0 Å². The van der Waals surface area contributed by atoms with Crippen LogP contribution >= 0.6 is 11.6 Å². The molecule has 0 saturated carbocycles. The molecule has 0 atom stereocenters. The predicted octanol–water partition coefficient (Wildman–Crippen LogP) is 3.94. The van der Waals surface area contributed by atoms with Crippen LogP contribution in [-0.4, -0.2) is 23.6 Å².